The Morgan fingerprint density at radius 2 is 2.29 bits per heavy atom. The predicted octanol–water partition coefficient (Wildman–Crippen LogP) is 0.0412. The number of ether oxygens (including phenoxy) is 1. The molecule has 1 aromatic heterocycles. The molecule has 0 aliphatic rings. The van der Waals surface area contributed by atoms with E-state index in [1.807, 2.05) is 0 Å². The molecule has 2 N–H and O–H groups in total. The summed E-state index contributed by atoms with van der Waals surface area (Å²) in [7, 11) is 1.26. The maximum atomic E-state index is 11.6. The maximum Gasteiger partial charge on any atom is 0.321 e. The van der Waals surface area contributed by atoms with Gasteiger partial charge in [0.25, 0.3) is 5.91 Å². The molecule has 1 heterocycles. The van der Waals surface area contributed by atoms with Gasteiger partial charge < -0.3 is 15.0 Å². The van der Waals surface area contributed by atoms with Gasteiger partial charge in [-0.15, -0.1) is 0 Å². The zero-order valence-electron chi connectivity index (χ0n) is 9.03. The first-order valence-electron chi connectivity index (χ1n) is 4.73. The summed E-state index contributed by atoms with van der Waals surface area (Å²) in [4.78, 5) is 35.4. The molecular formula is C10H11BrN2O4. The Balaban J connectivity index is 2.56. The van der Waals surface area contributed by atoms with E-state index in [1.165, 1.54) is 25.4 Å². The van der Waals surface area contributed by atoms with Crippen LogP contribution in [0.4, 0.5) is 0 Å². The van der Waals surface area contributed by atoms with Crippen molar-refractivity contribution in [1.82, 2.24) is 10.3 Å². The van der Waals surface area contributed by atoms with Crippen molar-refractivity contribution in [2.24, 2.45) is 0 Å². The number of esters is 1. The zero-order chi connectivity index (χ0) is 12.8. The molecule has 0 saturated heterocycles. The highest BCUT2D eigenvalue weighted by Crippen LogP contribution is 2.01. The van der Waals surface area contributed by atoms with Gasteiger partial charge in [0.15, 0.2) is 0 Å². The maximum absolute atomic E-state index is 11.6. The number of nitrogens with one attached hydrogen (secondary N) is 2. The van der Waals surface area contributed by atoms with Crippen molar-refractivity contribution in [3.8, 4) is 0 Å². The summed E-state index contributed by atoms with van der Waals surface area (Å²) >= 11 is 3.06. The Morgan fingerprint density at radius 3 is 2.88 bits per heavy atom. The average molecular weight is 303 g/mol. The molecule has 0 fully saturated rings. The van der Waals surface area contributed by atoms with Gasteiger partial charge >= 0.3 is 5.97 Å². The molecule has 17 heavy (non-hydrogen) atoms. The van der Waals surface area contributed by atoms with E-state index in [0.29, 0.717) is 0 Å². The fourth-order valence-electron chi connectivity index (χ4n) is 1.08. The highest BCUT2D eigenvalue weighted by atomic mass is 79.9. The lowest BCUT2D eigenvalue weighted by Gasteiger charge is -2.08. The van der Waals surface area contributed by atoms with Gasteiger partial charge in [0, 0.05) is 24.4 Å². The van der Waals surface area contributed by atoms with Crippen molar-refractivity contribution in [2.45, 2.75) is 4.83 Å². The van der Waals surface area contributed by atoms with Crippen LogP contribution in [-0.2, 0) is 9.53 Å². The topological polar surface area (TPSA) is 88.3 Å². The SMILES string of the molecule is COC(=O)C(Br)CNC(=O)c1cc[nH]c(=O)c1. The summed E-state index contributed by atoms with van der Waals surface area (Å²) in [6.07, 6.45) is 1.38. The van der Waals surface area contributed by atoms with Crippen molar-refractivity contribution in [1.29, 1.82) is 0 Å². The highest BCUT2D eigenvalue weighted by Gasteiger charge is 2.16. The van der Waals surface area contributed by atoms with Gasteiger partial charge in [-0.05, 0) is 6.07 Å². The molecule has 0 aliphatic heterocycles. The quantitative estimate of drug-likeness (QED) is 0.607. The fourth-order valence-corrected chi connectivity index (χ4v) is 1.43. The summed E-state index contributed by atoms with van der Waals surface area (Å²) in [5, 5.41) is 2.50. The van der Waals surface area contributed by atoms with Gasteiger partial charge in [0.05, 0.1) is 7.11 Å². The molecule has 1 aromatic rings. The lowest BCUT2D eigenvalue weighted by atomic mass is 10.2. The molecule has 0 saturated carbocycles. The number of aromatic nitrogens is 1. The number of alkyl halides is 1. The van der Waals surface area contributed by atoms with Crippen LogP contribution in [0.15, 0.2) is 23.1 Å². The molecule has 0 aromatic carbocycles. The third-order valence-corrected chi connectivity index (χ3v) is 2.63. The number of pyridine rings is 1. The van der Waals surface area contributed by atoms with Gasteiger partial charge in [-0.25, -0.2) is 0 Å². The predicted molar refractivity (Wildman–Crippen MR) is 64.1 cm³/mol. The van der Waals surface area contributed by atoms with Crippen LogP contribution >= 0.6 is 15.9 Å². The standard InChI is InChI=1S/C10H11BrN2O4/c1-17-10(16)7(11)5-13-9(15)6-2-3-12-8(14)4-6/h2-4,7H,5H2,1H3,(H,12,14)(H,13,15). The van der Waals surface area contributed by atoms with Gasteiger partial charge in [-0.3, -0.25) is 14.4 Å². The van der Waals surface area contributed by atoms with E-state index >= 15 is 0 Å². The molecule has 0 radical (unpaired) electrons. The third kappa shape index (κ3) is 4.03. The summed E-state index contributed by atoms with van der Waals surface area (Å²) in [6, 6.07) is 2.65. The lowest BCUT2D eigenvalue weighted by Crippen LogP contribution is -2.34. The molecule has 92 valence electrons. The fraction of sp³-hybridized carbons (Fsp3) is 0.300. The molecule has 6 nitrogen and oxygen atoms in total. The number of rotatable bonds is 4. The van der Waals surface area contributed by atoms with E-state index < -0.39 is 16.7 Å². The van der Waals surface area contributed by atoms with Crippen molar-refractivity contribution >= 4 is 27.8 Å². The van der Waals surface area contributed by atoms with Gasteiger partial charge in [-0.2, -0.15) is 0 Å². The molecule has 0 aliphatic carbocycles. The number of H-pyrrole nitrogens is 1. The van der Waals surface area contributed by atoms with Crippen LogP contribution in [0.25, 0.3) is 0 Å². The summed E-state index contributed by atoms with van der Waals surface area (Å²) in [5.74, 6) is -0.902. The van der Waals surface area contributed by atoms with Crippen LogP contribution in [-0.4, -0.2) is 35.3 Å². The van der Waals surface area contributed by atoms with E-state index in [4.69, 9.17) is 0 Å². The van der Waals surface area contributed by atoms with E-state index in [2.05, 4.69) is 31.0 Å². The number of halogens is 1. The summed E-state index contributed by atoms with van der Waals surface area (Å²) < 4.78 is 4.48. The minimum Gasteiger partial charge on any atom is -0.468 e. The Labute approximate surface area is 105 Å². The van der Waals surface area contributed by atoms with Crippen LogP contribution < -0.4 is 10.9 Å². The van der Waals surface area contributed by atoms with Gasteiger partial charge in [-0.1, -0.05) is 15.9 Å². The highest BCUT2D eigenvalue weighted by molar-refractivity contribution is 9.10. The van der Waals surface area contributed by atoms with E-state index in [9.17, 15) is 14.4 Å². The zero-order valence-corrected chi connectivity index (χ0v) is 10.6. The number of methoxy groups -OCH3 is 1. The minimum atomic E-state index is -0.613. The number of carbonyl (C=O) groups excluding carboxylic acids is 2. The van der Waals surface area contributed by atoms with Crippen LogP contribution in [0.1, 0.15) is 10.4 Å². The minimum absolute atomic E-state index is 0.0817. The number of amides is 1. The summed E-state index contributed by atoms with van der Waals surface area (Å²) in [5.41, 5.74) is -0.126. The van der Waals surface area contributed by atoms with Crippen LogP contribution in [0.2, 0.25) is 0 Å². The first-order valence-corrected chi connectivity index (χ1v) is 5.65. The molecular weight excluding hydrogens is 292 g/mol. The van der Waals surface area contributed by atoms with Crippen LogP contribution in [0, 0.1) is 0 Å². The second kappa shape index (κ2) is 6.19. The van der Waals surface area contributed by atoms with E-state index in [0.717, 1.165) is 0 Å². The Hall–Kier alpha value is -1.63. The molecule has 0 bridgehead atoms. The molecule has 0 spiro atoms. The van der Waals surface area contributed by atoms with Crippen molar-refractivity contribution < 1.29 is 14.3 Å². The number of aromatic amines is 1. The first kappa shape index (κ1) is 13.4. The van der Waals surface area contributed by atoms with Crippen LogP contribution in [0.5, 0.6) is 0 Å². The van der Waals surface area contributed by atoms with Gasteiger partial charge in [0.2, 0.25) is 5.56 Å². The lowest BCUT2D eigenvalue weighted by molar-refractivity contribution is -0.139. The second-order valence-corrected chi connectivity index (χ2v) is 4.25. The van der Waals surface area contributed by atoms with Crippen molar-refractivity contribution in [3.63, 3.8) is 0 Å². The Morgan fingerprint density at radius 1 is 1.59 bits per heavy atom. The summed E-state index contributed by atoms with van der Waals surface area (Å²) in [6.45, 7) is 0.0817. The molecule has 1 rings (SSSR count). The van der Waals surface area contributed by atoms with Gasteiger partial charge in [0.1, 0.15) is 4.83 Å². The molecule has 7 heteroatoms. The Bertz CT molecular complexity index is 471. The second-order valence-electron chi connectivity index (χ2n) is 3.14. The number of hydrogen-bond acceptors (Lipinski definition) is 4. The molecule has 1 unspecified atom stereocenters. The third-order valence-electron chi connectivity index (χ3n) is 1.94. The average Bonchev–Trinajstić information content (AvgIpc) is 2.34. The smallest absolute Gasteiger partial charge is 0.321 e. The van der Waals surface area contributed by atoms with Crippen molar-refractivity contribution in [2.75, 3.05) is 13.7 Å². The number of carbonyl (C=O) groups is 2. The van der Waals surface area contributed by atoms with E-state index in [1.54, 1.807) is 0 Å². The number of hydrogen-bond donors (Lipinski definition) is 2. The Kier molecular flexibility index (Phi) is 4.89. The van der Waals surface area contributed by atoms with E-state index in [-0.39, 0.29) is 17.7 Å². The van der Waals surface area contributed by atoms with Crippen LogP contribution in [0.3, 0.4) is 0 Å². The normalized spacial score (nSPS) is 11.6. The monoisotopic (exact) mass is 302 g/mol. The largest absolute Gasteiger partial charge is 0.468 e. The molecule has 1 atom stereocenters. The molecule has 1 amide bonds. The first-order chi connectivity index (χ1) is 8.04. The van der Waals surface area contributed by atoms with Crippen molar-refractivity contribution in [3.05, 3.63) is 34.2 Å².